The van der Waals surface area contributed by atoms with Gasteiger partial charge >= 0.3 is 0 Å². The maximum absolute atomic E-state index is 4.44. The zero-order valence-corrected chi connectivity index (χ0v) is 14.2. The van der Waals surface area contributed by atoms with Crippen LogP contribution in [0.4, 0.5) is 0 Å². The zero-order chi connectivity index (χ0) is 16.5. The molecule has 24 heavy (non-hydrogen) atoms. The molecule has 0 amide bonds. The van der Waals surface area contributed by atoms with Gasteiger partial charge in [-0.25, -0.2) is 0 Å². The molecule has 3 aromatic rings. The summed E-state index contributed by atoms with van der Waals surface area (Å²) in [6.07, 6.45) is 9.39. The van der Waals surface area contributed by atoms with Gasteiger partial charge in [0.15, 0.2) is 0 Å². The second-order valence-corrected chi connectivity index (χ2v) is 6.32. The van der Waals surface area contributed by atoms with Gasteiger partial charge in [-0.2, -0.15) is 0 Å². The molecule has 1 nitrogen and oxygen atoms in total. The first-order valence-electron chi connectivity index (χ1n) is 8.96. The molecule has 1 heterocycles. The molecule has 0 saturated heterocycles. The second-order valence-electron chi connectivity index (χ2n) is 6.32. The van der Waals surface area contributed by atoms with Crippen LogP contribution in [0.2, 0.25) is 0 Å². The normalized spacial score (nSPS) is 10.7. The van der Waals surface area contributed by atoms with Crippen molar-refractivity contribution < 1.29 is 0 Å². The molecule has 0 N–H and O–H groups in total. The molecule has 1 aromatic heterocycles. The Kier molecular flexibility index (Phi) is 6.18. The number of pyridine rings is 1. The first kappa shape index (κ1) is 16.4. The molecule has 0 atom stereocenters. The predicted octanol–water partition coefficient (Wildman–Crippen LogP) is 6.09. The highest BCUT2D eigenvalue weighted by Gasteiger charge is 2.00. The summed E-state index contributed by atoms with van der Waals surface area (Å²) < 4.78 is 0. The molecule has 0 fully saturated rings. The molecule has 0 bridgehead atoms. The molecule has 0 unspecified atom stereocenters. The van der Waals surface area contributed by atoms with Gasteiger partial charge in [0.05, 0.1) is 5.69 Å². The van der Waals surface area contributed by atoms with Crippen LogP contribution in [-0.4, -0.2) is 4.98 Å². The summed E-state index contributed by atoms with van der Waals surface area (Å²) in [6, 6.07) is 25.7. The molecule has 122 valence electrons. The SMILES string of the molecule is c1ccc(CCCCCCc2cccc(-c3ccccn3)c2)cc1. The summed E-state index contributed by atoms with van der Waals surface area (Å²) in [4.78, 5) is 4.44. The molecule has 0 saturated carbocycles. The van der Waals surface area contributed by atoms with E-state index in [1.54, 1.807) is 0 Å². The first-order chi connectivity index (χ1) is 11.9. The van der Waals surface area contributed by atoms with Crippen LogP contribution in [0.15, 0.2) is 79.0 Å². The van der Waals surface area contributed by atoms with E-state index in [4.69, 9.17) is 0 Å². The van der Waals surface area contributed by atoms with E-state index in [0.29, 0.717) is 0 Å². The predicted molar refractivity (Wildman–Crippen MR) is 102 cm³/mol. The van der Waals surface area contributed by atoms with Crippen molar-refractivity contribution in [2.45, 2.75) is 38.5 Å². The fourth-order valence-electron chi connectivity index (χ4n) is 3.08. The Hall–Kier alpha value is -2.41. The summed E-state index contributed by atoms with van der Waals surface area (Å²) >= 11 is 0. The van der Waals surface area contributed by atoms with Crippen LogP contribution in [0.3, 0.4) is 0 Å². The molecular formula is C23H25N. The van der Waals surface area contributed by atoms with Gasteiger partial charge in [0.1, 0.15) is 0 Å². The fraction of sp³-hybridized carbons (Fsp3) is 0.261. The Morgan fingerprint density at radius 3 is 2.04 bits per heavy atom. The minimum atomic E-state index is 1.06. The molecule has 2 aromatic carbocycles. The second kappa shape index (κ2) is 9.02. The van der Waals surface area contributed by atoms with E-state index in [1.165, 1.54) is 48.8 Å². The van der Waals surface area contributed by atoms with Gasteiger partial charge in [-0.1, -0.05) is 67.4 Å². The molecule has 0 radical (unpaired) electrons. The highest BCUT2D eigenvalue weighted by molar-refractivity contribution is 5.59. The van der Waals surface area contributed by atoms with Crippen LogP contribution in [0.5, 0.6) is 0 Å². The maximum atomic E-state index is 4.44. The van der Waals surface area contributed by atoms with Crippen LogP contribution in [0, 0.1) is 0 Å². The van der Waals surface area contributed by atoms with Crippen LogP contribution < -0.4 is 0 Å². The number of aromatic nitrogens is 1. The Labute approximate surface area is 145 Å². The molecule has 0 spiro atoms. The average Bonchev–Trinajstić information content (AvgIpc) is 2.66. The number of benzene rings is 2. The van der Waals surface area contributed by atoms with Crippen molar-refractivity contribution in [1.82, 2.24) is 4.98 Å². The highest BCUT2D eigenvalue weighted by atomic mass is 14.7. The largest absolute Gasteiger partial charge is 0.256 e. The molecule has 0 aliphatic heterocycles. The highest BCUT2D eigenvalue weighted by Crippen LogP contribution is 2.19. The lowest BCUT2D eigenvalue weighted by atomic mass is 10.0. The quantitative estimate of drug-likeness (QED) is 0.458. The monoisotopic (exact) mass is 315 g/mol. The lowest BCUT2D eigenvalue weighted by Crippen LogP contribution is -1.90. The third-order valence-electron chi connectivity index (χ3n) is 4.41. The Morgan fingerprint density at radius 1 is 0.583 bits per heavy atom. The zero-order valence-electron chi connectivity index (χ0n) is 14.2. The van der Waals surface area contributed by atoms with Crippen LogP contribution in [0.1, 0.15) is 36.8 Å². The number of hydrogen-bond acceptors (Lipinski definition) is 1. The van der Waals surface area contributed by atoms with Gasteiger partial charge in [0.2, 0.25) is 0 Å². The van der Waals surface area contributed by atoms with Gasteiger partial charge in [-0.15, -0.1) is 0 Å². The average molecular weight is 315 g/mol. The van der Waals surface area contributed by atoms with E-state index in [1.807, 2.05) is 18.3 Å². The molecular weight excluding hydrogens is 290 g/mol. The number of nitrogens with zero attached hydrogens (tertiary/aromatic N) is 1. The fourth-order valence-corrected chi connectivity index (χ4v) is 3.08. The van der Waals surface area contributed by atoms with Gasteiger partial charge in [-0.3, -0.25) is 4.98 Å². The summed E-state index contributed by atoms with van der Waals surface area (Å²) in [7, 11) is 0. The van der Waals surface area contributed by atoms with Crippen LogP contribution >= 0.6 is 0 Å². The smallest absolute Gasteiger partial charge is 0.0702 e. The number of rotatable bonds is 8. The third-order valence-corrected chi connectivity index (χ3v) is 4.41. The molecule has 1 heteroatoms. The van der Waals surface area contributed by atoms with Crippen molar-refractivity contribution in [3.8, 4) is 11.3 Å². The van der Waals surface area contributed by atoms with Crippen molar-refractivity contribution in [3.63, 3.8) is 0 Å². The van der Waals surface area contributed by atoms with Gasteiger partial charge in [-0.05, 0) is 55.0 Å². The summed E-state index contributed by atoms with van der Waals surface area (Å²) in [5.41, 5.74) is 5.15. The Morgan fingerprint density at radius 2 is 1.29 bits per heavy atom. The summed E-state index contributed by atoms with van der Waals surface area (Å²) in [5.74, 6) is 0. The first-order valence-corrected chi connectivity index (χ1v) is 8.96. The van der Waals surface area contributed by atoms with Crippen LogP contribution in [-0.2, 0) is 12.8 Å². The number of hydrogen-bond donors (Lipinski definition) is 0. The minimum absolute atomic E-state index is 1.06. The van der Waals surface area contributed by atoms with E-state index >= 15 is 0 Å². The van der Waals surface area contributed by atoms with E-state index in [-0.39, 0.29) is 0 Å². The van der Waals surface area contributed by atoms with Gasteiger partial charge in [0, 0.05) is 11.8 Å². The van der Waals surface area contributed by atoms with Crippen molar-refractivity contribution in [2.24, 2.45) is 0 Å². The third kappa shape index (κ3) is 5.06. The molecule has 0 aliphatic rings. The standard InChI is InChI=1S/C23H25N/c1(4-11-20-12-6-3-7-13-20)2-5-14-21-15-10-16-22(19-21)23-17-8-9-18-24-23/h3,6-10,12-13,15-19H,1-2,4-5,11,14H2. The number of unbranched alkanes of at least 4 members (excludes halogenated alkanes) is 3. The molecule has 3 rings (SSSR count). The van der Waals surface area contributed by atoms with E-state index < -0.39 is 0 Å². The van der Waals surface area contributed by atoms with E-state index in [2.05, 4.69) is 65.6 Å². The minimum Gasteiger partial charge on any atom is -0.256 e. The Balaban J connectivity index is 1.41. The summed E-state index contributed by atoms with van der Waals surface area (Å²) in [5, 5.41) is 0. The van der Waals surface area contributed by atoms with Gasteiger partial charge < -0.3 is 0 Å². The van der Waals surface area contributed by atoms with Crippen molar-refractivity contribution >= 4 is 0 Å². The lowest BCUT2D eigenvalue weighted by Gasteiger charge is -2.06. The van der Waals surface area contributed by atoms with E-state index in [0.717, 1.165) is 12.1 Å². The maximum Gasteiger partial charge on any atom is 0.0702 e. The number of aryl methyl sites for hydroxylation is 2. The van der Waals surface area contributed by atoms with Crippen molar-refractivity contribution in [2.75, 3.05) is 0 Å². The summed E-state index contributed by atoms with van der Waals surface area (Å²) in [6.45, 7) is 0. The van der Waals surface area contributed by atoms with Gasteiger partial charge in [0.25, 0.3) is 0 Å². The van der Waals surface area contributed by atoms with Crippen molar-refractivity contribution in [1.29, 1.82) is 0 Å². The Bertz CT molecular complexity index is 719. The lowest BCUT2D eigenvalue weighted by molar-refractivity contribution is 0.640. The topological polar surface area (TPSA) is 12.9 Å². The van der Waals surface area contributed by atoms with E-state index in [9.17, 15) is 0 Å². The van der Waals surface area contributed by atoms with Crippen LogP contribution in [0.25, 0.3) is 11.3 Å². The van der Waals surface area contributed by atoms with Crippen molar-refractivity contribution in [3.05, 3.63) is 90.1 Å². The molecule has 0 aliphatic carbocycles.